The smallest absolute Gasteiger partial charge is 0.244 e. The number of quaternary nitrogens is 1. The van der Waals surface area contributed by atoms with Crippen LogP contribution in [0.4, 0.5) is 0 Å². The Bertz CT molecular complexity index is 1870. The molecule has 2 fully saturated rings. The zero-order chi connectivity index (χ0) is 37.1. The van der Waals surface area contributed by atoms with Crippen molar-refractivity contribution in [2.75, 3.05) is 67.1 Å². The standard InChI is InChI=1S/C36H49Cl2N6O6S/c1-24-22-25(2)40-33-26(24)8-6-10-30(33)50-23-27-28(37)11-12-31(32(27)38)51(47,48)41-36(13-20-49-21-14-36)35(46)43-17-15-42(16-18-43)34(45)29(39)9-7-19-44(3,4)5/h6,8,10-12,22,29,41H,7,9,13-21,23,39H2,1-5H3/q+1. The minimum absolute atomic E-state index is 0.102. The zero-order valence-electron chi connectivity index (χ0n) is 30.0. The van der Waals surface area contributed by atoms with Gasteiger partial charge in [0.05, 0.1) is 38.8 Å². The molecule has 2 amide bonds. The molecule has 51 heavy (non-hydrogen) atoms. The number of sulfonamides is 1. The zero-order valence-corrected chi connectivity index (χ0v) is 32.3. The molecule has 3 N–H and O–H groups in total. The molecular weight excluding hydrogens is 715 g/mol. The molecule has 3 heterocycles. The number of nitrogens with two attached hydrogens (primary N) is 1. The molecule has 0 spiro atoms. The Morgan fingerprint density at radius 3 is 2.39 bits per heavy atom. The third-order valence-corrected chi connectivity index (χ3v) is 12.1. The second-order valence-corrected chi connectivity index (χ2v) is 17.0. The molecular formula is C36H49Cl2N6O6S+. The number of rotatable bonds is 12. The first kappa shape index (κ1) is 39.2. The van der Waals surface area contributed by atoms with Gasteiger partial charge in [-0.05, 0) is 69.4 Å². The van der Waals surface area contributed by atoms with Crippen molar-refractivity contribution >= 4 is 55.9 Å². The minimum atomic E-state index is -4.35. The first-order valence-electron chi connectivity index (χ1n) is 17.2. The Morgan fingerprint density at radius 2 is 1.73 bits per heavy atom. The van der Waals surface area contributed by atoms with Gasteiger partial charge in [0, 0.05) is 61.1 Å². The quantitative estimate of drug-likeness (QED) is 0.263. The average Bonchev–Trinajstić information content (AvgIpc) is 3.07. The molecule has 1 unspecified atom stereocenters. The third kappa shape index (κ3) is 9.13. The lowest BCUT2D eigenvalue weighted by Crippen LogP contribution is -2.64. The molecule has 2 aromatic carbocycles. The maximum atomic E-state index is 14.2. The Balaban J connectivity index is 1.30. The SMILES string of the molecule is Cc1cc(C)c2cccc(OCc3c(Cl)ccc(S(=O)(=O)NC4(C(=O)N5CCN(C(=O)C(N)CCC[N+](C)(C)C)CC5)CCOCC4)c3Cl)c2n1. The number of piperazine rings is 1. The number of amides is 2. The van der Waals surface area contributed by atoms with Gasteiger partial charge in [-0.1, -0.05) is 35.3 Å². The summed E-state index contributed by atoms with van der Waals surface area (Å²) in [5.41, 5.74) is 7.63. The molecule has 5 rings (SSSR count). The molecule has 0 radical (unpaired) electrons. The van der Waals surface area contributed by atoms with E-state index >= 15 is 0 Å². The van der Waals surface area contributed by atoms with Gasteiger partial charge >= 0.3 is 0 Å². The lowest BCUT2D eigenvalue weighted by Gasteiger charge is -2.43. The number of para-hydroxylation sites is 1. The van der Waals surface area contributed by atoms with Crippen molar-refractivity contribution in [1.82, 2.24) is 19.5 Å². The van der Waals surface area contributed by atoms with E-state index in [9.17, 15) is 18.0 Å². The normalized spacial score (nSPS) is 17.4. The fourth-order valence-electron chi connectivity index (χ4n) is 6.71. The van der Waals surface area contributed by atoms with Crippen LogP contribution in [-0.4, -0.2) is 118 Å². The van der Waals surface area contributed by atoms with Gasteiger partial charge in [-0.25, -0.2) is 13.4 Å². The Hall–Kier alpha value is -3.04. The summed E-state index contributed by atoms with van der Waals surface area (Å²) in [5.74, 6) is 0.00807. The molecule has 2 aliphatic rings. The van der Waals surface area contributed by atoms with Crippen molar-refractivity contribution in [1.29, 1.82) is 0 Å². The van der Waals surface area contributed by atoms with Crippen LogP contribution in [0.1, 0.15) is 42.5 Å². The fraction of sp³-hybridized carbons (Fsp3) is 0.528. The molecule has 0 saturated carbocycles. The van der Waals surface area contributed by atoms with Crippen LogP contribution in [-0.2, 0) is 31.0 Å². The van der Waals surface area contributed by atoms with Gasteiger partial charge in [0.25, 0.3) is 0 Å². The summed E-state index contributed by atoms with van der Waals surface area (Å²) in [7, 11) is 1.94. The van der Waals surface area contributed by atoms with E-state index in [0.717, 1.165) is 34.1 Å². The number of hydrogen-bond donors (Lipinski definition) is 2. The van der Waals surface area contributed by atoms with Crippen LogP contribution in [0.3, 0.4) is 0 Å². The first-order chi connectivity index (χ1) is 24.0. The molecule has 12 nitrogen and oxygen atoms in total. The number of halogens is 2. The highest BCUT2D eigenvalue weighted by atomic mass is 35.5. The van der Waals surface area contributed by atoms with Crippen molar-refractivity contribution in [3.63, 3.8) is 0 Å². The predicted octanol–water partition coefficient (Wildman–Crippen LogP) is 4.05. The minimum Gasteiger partial charge on any atom is -0.487 e. The number of carbonyl (C=O) groups is 2. The number of aromatic nitrogens is 1. The van der Waals surface area contributed by atoms with Crippen LogP contribution in [0.2, 0.25) is 10.0 Å². The van der Waals surface area contributed by atoms with Crippen LogP contribution in [0.25, 0.3) is 10.9 Å². The lowest BCUT2D eigenvalue weighted by molar-refractivity contribution is -0.870. The van der Waals surface area contributed by atoms with Gasteiger partial charge in [-0.3, -0.25) is 9.59 Å². The number of hydrogen-bond acceptors (Lipinski definition) is 8. The Morgan fingerprint density at radius 1 is 1.06 bits per heavy atom. The fourth-order valence-corrected chi connectivity index (χ4v) is 9.01. The highest BCUT2D eigenvalue weighted by Gasteiger charge is 2.47. The number of fused-ring (bicyclic) bond motifs is 1. The average molecular weight is 765 g/mol. The number of carbonyl (C=O) groups excluding carboxylic acids is 2. The number of ether oxygens (including phenoxy) is 2. The molecule has 0 bridgehead atoms. The van der Waals surface area contributed by atoms with Gasteiger partial charge in [-0.2, -0.15) is 4.72 Å². The van der Waals surface area contributed by atoms with Crippen LogP contribution in [0.15, 0.2) is 41.3 Å². The van der Waals surface area contributed by atoms with Gasteiger partial charge < -0.3 is 29.5 Å². The van der Waals surface area contributed by atoms with E-state index in [1.54, 1.807) is 15.9 Å². The van der Waals surface area contributed by atoms with E-state index in [-0.39, 0.29) is 78.1 Å². The predicted molar refractivity (Wildman–Crippen MR) is 198 cm³/mol. The second-order valence-electron chi connectivity index (χ2n) is 14.5. The van der Waals surface area contributed by atoms with E-state index in [1.807, 2.05) is 32.0 Å². The number of pyridine rings is 1. The number of aryl methyl sites for hydroxylation is 2. The van der Waals surface area contributed by atoms with Crippen molar-refractivity contribution in [3.8, 4) is 5.75 Å². The molecule has 2 saturated heterocycles. The highest BCUT2D eigenvalue weighted by Crippen LogP contribution is 2.35. The number of benzene rings is 2. The number of nitrogens with one attached hydrogen (secondary N) is 1. The third-order valence-electron chi connectivity index (χ3n) is 9.57. The summed E-state index contributed by atoms with van der Waals surface area (Å²) in [5, 5.41) is 1.07. The van der Waals surface area contributed by atoms with Crippen LogP contribution < -0.4 is 15.2 Å². The van der Waals surface area contributed by atoms with Gasteiger partial charge in [0.2, 0.25) is 21.8 Å². The monoisotopic (exact) mass is 763 g/mol. The molecule has 15 heteroatoms. The summed E-state index contributed by atoms with van der Waals surface area (Å²) < 4.78 is 43.4. The molecule has 0 aliphatic carbocycles. The highest BCUT2D eigenvalue weighted by molar-refractivity contribution is 7.89. The largest absolute Gasteiger partial charge is 0.487 e. The molecule has 3 aromatic rings. The molecule has 2 aliphatic heterocycles. The molecule has 278 valence electrons. The van der Waals surface area contributed by atoms with Gasteiger partial charge in [0.1, 0.15) is 28.3 Å². The van der Waals surface area contributed by atoms with E-state index in [4.69, 9.17) is 38.4 Å². The van der Waals surface area contributed by atoms with Gasteiger partial charge in [0.15, 0.2) is 0 Å². The lowest BCUT2D eigenvalue weighted by atomic mass is 9.89. The Kier molecular flexibility index (Phi) is 12.2. The second kappa shape index (κ2) is 15.9. The van der Waals surface area contributed by atoms with Crippen LogP contribution >= 0.6 is 23.2 Å². The van der Waals surface area contributed by atoms with Crippen LogP contribution in [0, 0.1) is 13.8 Å². The summed E-state index contributed by atoms with van der Waals surface area (Å²) >= 11 is 13.3. The summed E-state index contributed by atoms with van der Waals surface area (Å²) in [6.07, 6.45) is 1.68. The summed E-state index contributed by atoms with van der Waals surface area (Å²) in [6.45, 7) is 6.21. The van der Waals surface area contributed by atoms with Crippen molar-refractivity contribution in [2.24, 2.45) is 5.73 Å². The van der Waals surface area contributed by atoms with Crippen molar-refractivity contribution in [3.05, 3.63) is 63.3 Å². The van der Waals surface area contributed by atoms with Crippen LogP contribution in [0.5, 0.6) is 5.75 Å². The molecule has 1 aromatic heterocycles. The summed E-state index contributed by atoms with van der Waals surface area (Å²) in [4.78, 5) is 35.0. The van der Waals surface area contributed by atoms with Gasteiger partial charge in [-0.15, -0.1) is 0 Å². The number of nitrogens with zero attached hydrogens (tertiary/aromatic N) is 4. The maximum absolute atomic E-state index is 14.2. The first-order valence-corrected chi connectivity index (χ1v) is 19.5. The van der Waals surface area contributed by atoms with Crippen molar-refractivity contribution in [2.45, 2.75) is 62.6 Å². The topological polar surface area (TPSA) is 144 Å². The van der Waals surface area contributed by atoms with E-state index in [2.05, 4.69) is 30.8 Å². The maximum Gasteiger partial charge on any atom is 0.244 e. The van der Waals surface area contributed by atoms with E-state index in [0.29, 0.717) is 30.8 Å². The summed E-state index contributed by atoms with van der Waals surface area (Å²) in [6, 6.07) is 9.78. The van der Waals surface area contributed by atoms with E-state index < -0.39 is 21.6 Å². The molecule has 1 atom stereocenters. The van der Waals surface area contributed by atoms with E-state index in [1.165, 1.54) is 12.1 Å². The van der Waals surface area contributed by atoms with Crippen molar-refractivity contribution < 1.29 is 32.0 Å². The Labute approximate surface area is 310 Å².